The molecule has 0 spiro atoms. The van der Waals surface area contributed by atoms with Crippen molar-refractivity contribution in [3.05, 3.63) is 104 Å². The minimum Gasteiger partial charge on any atom is -0.358 e. The number of hydrogen-bond donors (Lipinski definition) is 1. The summed E-state index contributed by atoms with van der Waals surface area (Å²) in [7, 11) is 0. The van der Waals surface area contributed by atoms with Crippen LogP contribution in [-0.4, -0.2) is 10.7 Å². The van der Waals surface area contributed by atoms with Crippen molar-refractivity contribution in [2.24, 2.45) is 4.99 Å². The van der Waals surface area contributed by atoms with Gasteiger partial charge in [-0.15, -0.1) is 0 Å². The Kier molecular flexibility index (Phi) is 4.20. The molecular formula is C25H19IN2. The summed E-state index contributed by atoms with van der Waals surface area (Å²) in [6, 6.07) is 25.8. The molecule has 2 nitrogen and oxygen atoms in total. The zero-order valence-corrected chi connectivity index (χ0v) is 17.9. The number of H-pyrrole nitrogens is 1. The van der Waals surface area contributed by atoms with Crippen LogP contribution in [0.3, 0.4) is 0 Å². The third kappa shape index (κ3) is 2.73. The number of aryl methyl sites for hydroxylation is 1. The van der Waals surface area contributed by atoms with Gasteiger partial charge in [-0.3, -0.25) is 4.99 Å². The lowest BCUT2D eigenvalue weighted by molar-refractivity contribution is 1.25. The van der Waals surface area contributed by atoms with Gasteiger partial charge in [0.1, 0.15) is 0 Å². The van der Waals surface area contributed by atoms with Gasteiger partial charge in [0.05, 0.1) is 11.4 Å². The van der Waals surface area contributed by atoms with Gasteiger partial charge in [-0.1, -0.05) is 60.7 Å². The lowest BCUT2D eigenvalue weighted by Gasteiger charge is -2.12. The van der Waals surface area contributed by atoms with Crippen molar-refractivity contribution in [2.75, 3.05) is 0 Å². The molecule has 2 heterocycles. The number of aromatic amines is 1. The first-order chi connectivity index (χ1) is 13.6. The molecule has 0 amide bonds. The number of nitrogens with zero attached hydrogens (tertiary/aromatic N) is 1. The highest BCUT2D eigenvalue weighted by molar-refractivity contribution is 14.1. The van der Waals surface area contributed by atoms with Gasteiger partial charge in [-0.25, -0.2) is 0 Å². The molecule has 0 unspecified atom stereocenters. The summed E-state index contributed by atoms with van der Waals surface area (Å²) in [6.07, 6.45) is 0. The Morgan fingerprint density at radius 1 is 0.786 bits per heavy atom. The van der Waals surface area contributed by atoms with Crippen molar-refractivity contribution in [1.29, 1.82) is 0 Å². The van der Waals surface area contributed by atoms with Crippen molar-refractivity contribution in [2.45, 2.75) is 13.8 Å². The third-order valence-corrected chi connectivity index (χ3v) is 6.10. The van der Waals surface area contributed by atoms with Crippen LogP contribution in [0.15, 0.2) is 77.8 Å². The van der Waals surface area contributed by atoms with E-state index in [-0.39, 0.29) is 0 Å². The van der Waals surface area contributed by atoms with E-state index in [1.807, 2.05) is 0 Å². The van der Waals surface area contributed by atoms with Crippen LogP contribution in [0, 0.1) is 10.5 Å². The number of rotatable bonds is 2. The van der Waals surface area contributed by atoms with Gasteiger partial charge in [0.15, 0.2) is 0 Å². The predicted molar refractivity (Wildman–Crippen MR) is 127 cm³/mol. The van der Waals surface area contributed by atoms with Crippen molar-refractivity contribution in [1.82, 2.24) is 4.98 Å². The van der Waals surface area contributed by atoms with E-state index in [1.165, 1.54) is 36.7 Å². The largest absolute Gasteiger partial charge is 0.358 e. The first-order valence-corrected chi connectivity index (χ1v) is 10.4. The highest BCUT2D eigenvalue weighted by Gasteiger charge is 2.24. The fourth-order valence-electron chi connectivity index (χ4n) is 4.05. The average Bonchev–Trinajstić information content (AvgIpc) is 3.22. The molecule has 0 saturated carbocycles. The van der Waals surface area contributed by atoms with Gasteiger partial charge >= 0.3 is 0 Å². The summed E-state index contributed by atoms with van der Waals surface area (Å²) in [4.78, 5) is 8.68. The van der Waals surface area contributed by atoms with E-state index in [4.69, 9.17) is 4.99 Å². The molecular weight excluding hydrogens is 455 g/mol. The Morgan fingerprint density at radius 2 is 1.43 bits per heavy atom. The Balaban J connectivity index is 1.89. The highest BCUT2D eigenvalue weighted by Crippen LogP contribution is 2.40. The number of aliphatic imine (C=N–C) groups is 1. The smallest absolute Gasteiger partial charge is 0.0811 e. The van der Waals surface area contributed by atoms with Crippen LogP contribution in [0.2, 0.25) is 0 Å². The maximum Gasteiger partial charge on any atom is 0.0811 e. The first kappa shape index (κ1) is 17.4. The van der Waals surface area contributed by atoms with Gasteiger partial charge in [0.2, 0.25) is 0 Å². The van der Waals surface area contributed by atoms with Crippen molar-refractivity contribution in [3.8, 4) is 0 Å². The second-order valence-corrected chi connectivity index (χ2v) is 8.39. The fraction of sp³-hybridized carbons (Fsp3) is 0.0800. The van der Waals surface area contributed by atoms with Gasteiger partial charge in [0.25, 0.3) is 0 Å². The van der Waals surface area contributed by atoms with E-state index in [0.29, 0.717) is 0 Å². The zero-order valence-electron chi connectivity index (χ0n) is 15.8. The Labute approximate surface area is 178 Å². The van der Waals surface area contributed by atoms with E-state index < -0.39 is 0 Å². The molecule has 136 valence electrons. The molecule has 0 atom stereocenters. The van der Waals surface area contributed by atoms with Gasteiger partial charge in [-0.2, -0.15) is 0 Å². The molecule has 5 rings (SSSR count). The highest BCUT2D eigenvalue weighted by atomic mass is 127. The van der Waals surface area contributed by atoms with E-state index >= 15 is 0 Å². The van der Waals surface area contributed by atoms with Gasteiger partial charge in [0, 0.05) is 42.4 Å². The zero-order chi connectivity index (χ0) is 19.3. The SMILES string of the molecule is CC1=N/C(=C(\c2ccc(I)cc2)c2[nH]c(C)c3ccccc23)c2ccccc21. The lowest BCUT2D eigenvalue weighted by atomic mass is 9.94. The van der Waals surface area contributed by atoms with Crippen molar-refractivity contribution in [3.63, 3.8) is 0 Å². The van der Waals surface area contributed by atoms with Crippen LogP contribution in [0.5, 0.6) is 0 Å². The standard InChI is InChI=1S/C25H19IN2/c1-15-19-7-3-5-9-21(19)24(27-15)23(17-11-13-18(26)14-12-17)25-22-10-6-4-8-20(22)16(2)28-25/h3-14,27H,1-2H3/b25-23+. The topological polar surface area (TPSA) is 28.1 Å². The molecule has 1 aliphatic rings. The molecule has 1 N–H and O–H groups in total. The predicted octanol–water partition coefficient (Wildman–Crippen LogP) is 6.82. The summed E-state index contributed by atoms with van der Waals surface area (Å²) in [5.74, 6) is 0. The molecule has 4 aromatic rings. The van der Waals surface area contributed by atoms with Crippen LogP contribution in [0.4, 0.5) is 0 Å². The average molecular weight is 474 g/mol. The van der Waals surface area contributed by atoms with Crippen molar-refractivity contribution >= 4 is 50.3 Å². The van der Waals surface area contributed by atoms with Crippen LogP contribution >= 0.6 is 22.6 Å². The number of nitrogens with one attached hydrogen (secondary N) is 1. The Hall–Kier alpha value is -2.66. The van der Waals surface area contributed by atoms with E-state index in [2.05, 4.69) is 114 Å². The maximum atomic E-state index is 5.02. The van der Waals surface area contributed by atoms with E-state index in [1.54, 1.807) is 0 Å². The molecule has 0 radical (unpaired) electrons. The molecule has 3 heteroatoms. The molecule has 0 fully saturated rings. The number of aromatic nitrogens is 1. The number of hydrogen-bond acceptors (Lipinski definition) is 1. The molecule has 28 heavy (non-hydrogen) atoms. The summed E-state index contributed by atoms with van der Waals surface area (Å²) < 4.78 is 1.23. The summed E-state index contributed by atoms with van der Waals surface area (Å²) in [6.45, 7) is 4.23. The van der Waals surface area contributed by atoms with Crippen molar-refractivity contribution < 1.29 is 0 Å². The molecule has 0 bridgehead atoms. The second-order valence-electron chi connectivity index (χ2n) is 7.14. The van der Waals surface area contributed by atoms with Crippen LogP contribution in [0.25, 0.3) is 22.0 Å². The quantitative estimate of drug-likeness (QED) is 0.309. The maximum absolute atomic E-state index is 5.02. The van der Waals surface area contributed by atoms with Crippen LogP contribution in [0.1, 0.15) is 35.0 Å². The minimum atomic E-state index is 1.04. The molecule has 0 aliphatic carbocycles. The Morgan fingerprint density at radius 3 is 2.18 bits per heavy atom. The normalized spacial score (nSPS) is 14.9. The van der Waals surface area contributed by atoms with Crippen LogP contribution < -0.4 is 0 Å². The Bertz CT molecular complexity index is 1270. The van der Waals surface area contributed by atoms with E-state index in [9.17, 15) is 0 Å². The third-order valence-electron chi connectivity index (χ3n) is 5.38. The molecule has 1 aromatic heterocycles. The summed E-state index contributed by atoms with van der Waals surface area (Å²) in [5.41, 5.74) is 9.18. The lowest BCUT2D eigenvalue weighted by Crippen LogP contribution is -1.94. The summed E-state index contributed by atoms with van der Waals surface area (Å²) >= 11 is 2.35. The summed E-state index contributed by atoms with van der Waals surface area (Å²) in [5, 5.41) is 2.49. The van der Waals surface area contributed by atoms with Gasteiger partial charge < -0.3 is 4.98 Å². The number of fused-ring (bicyclic) bond motifs is 2. The van der Waals surface area contributed by atoms with Crippen LogP contribution in [-0.2, 0) is 0 Å². The minimum absolute atomic E-state index is 1.04. The second kappa shape index (κ2) is 6.74. The molecule has 0 saturated heterocycles. The number of halogens is 1. The first-order valence-electron chi connectivity index (χ1n) is 9.36. The molecule has 1 aliphatic heterocycles. The fourth-order valence-corrected chi connectivity index (χ4v) is 4.41. The molecule has 3 aromatic carbocycles. The van der Waals surface area contributed by atoms with E-state index in [0.717, 1.165) is 22.7 Å². The number of benzene rings is 3. The monoisotopic (exact) mass is 474 g/mol. The van der Waals surface area contributed by atoms with Gasteiger partial charge in [-0.05, 0) is 54.1 Å².